The number of carboxylic acids is 1. The SMILES string of the molecule is CC(CO)CC(C(=O)O)c1cccc(Br)c1. The van der Waals surface area contributed by atoms with Crippen molar-refractivity contribution in [1.29, 1.82) is 0 Å². The Balaban J connectivity index is 2.89. The highest BCUT2D eigenvalue weighted by Crippen LogP contribution is 2.26. The van der Waals surface area contributed by atoms with Gasteiger partial charge in [0, 0.05) is 11.1 Å². The molecule has 88 valence electrons. The second kappa shape index (κ2) is 6.01. The van der Waals surface area contributed by atoms with Gasteiger partial charge in [-0.3, -0.25) is 4.79 Å². The van der Waals surface area contributed by atoms with Crippen molar-refractivity contribution >= 4 is 21.9 Å². The molecule has 0 aromatic heterocycles. The van der Waals surface area contributed by atoms with Crippen molar-refractivity contribution in [2.45, 2.75) is 19.3 Å². The van der Waals surface area contributed by atoms with Gasteiger partial charge in [-0.15, -0.1) is 0 Å². The van der Waals surface area contributed by atoms with E-state index in [1.165, 1.54) is 0 Å². The van der Waals surface area contributed by atoms with Gasteiger partial charge in [-0.25, -0.2) is 0 Å². The summed E-state index contributed by atoms with van der Waals surface area (Å²) in [6.07, 6.45) is 0.447. The zero-order valence-electron chi connectivity index (χ0n) is 9.06. The Morgan fingerprint density at radius 3 is 2.69 bits per heavy atom. The van der Waals surface area contributed by atoms with Gasteiger partial charge in [-0.1, -0.05) is 35.0 Å². The van der Waals surface area contributed by atoms with E-state index in [0.29, 0.717) is 6.42 Å². The van der Waals surface area contributed by atoms with Crippen LogP contribution in [0.25, 0.3) is 0 Å². The first-order valence-corrected chi connectivity index (χ1v) is 5.93. The first-order chi connectivity index (χ1) is 7.54. The van der Waals surface area contributed by atoms with Gasteiger partial charge >= 0.3 is 5.97 Å². The third-order valence-electron chi connectivity index (χ3n) is 2.50. The lowest BCUT2D eigenvalue weighted by Gasteiger charge is -2.16. The molecule has 0 spiro atoms. The predicted molar refractivity (Wildman–Crippen MR) is 65.4 cm³/mol. The summed E-state index contributed by atoms with van der Waals surface area (Å²) in [5.74, 6) is -1.42. The molecule has 2 N–H and O–H groups in total. The fourth-order valence-corrected chi connectivity index (χ4v) is 2.00. The van der Waals surface area contributed by atoms with E-state index in [0.717, 1.165) is 10.0 Å². The molecule has 0 bridgehead atoms. The predicted octanol–water partition coefficient (Wildman–Crippen LogP) is 2.64. The number of hydrogen-bond acceptors (Lipinski definition) is 2. The van der Waals surface area contributed by atoms with Crippen LogP contribution in [0.4, 0.5) is 0 Å². The van der Waals surface area contributed by atoms with Crippen LogP contribution in [0.1, 0.15) is 24.8 Å². The fraction of sp³-hybridized carbons (Fsp3) is 0.417. The molecular weight excluding hydrogens is 272 g/mol. The number of hydrogen-bond donors (Lipinski definition) is 2. The largest absolute Gasteiger partial charge is 0.481 e. The van der Waals surface area contributed by atoms with E-state index in [2.05, 4.69) is 15.9 Å². The van der Waals surface area contributed by atoms with Crippen LogP contribution in [0.5, 0.6) is 0 Å². The molecule has 3 nitrogen and oxygen atoms in total. The zero-order valence-corrected chi connectivity index (χ0v) is 10.6. The third kappa shape index (κ3) is 3.61. The third-order valence-corrected chi connectivity index (χ3v) is 2.99. The van der Waals surface area contributed by atoms with Crippen LogP contribution in [0.15, 0.2) is 28.7 Å². The summed E-state index contributed by atoms with van der Waals surface area (Å²) in [5, 5.41) is 18.1. The van der Waals surface area contributed by atoms with Gasteiger partial charge < -0.3 is 10.2 Å². The van der Waals surface area contributed by atoms with E-state index in [4.69, 9.17) is 10.2 Å². The highest BCUT2D eigenvalue weighted by atomic mass is 79.9. The Morgan fingerprint density at radius 2 is 2.19 bits per heavy atom. The molecule has 16 heavy (non-hydrogen) atoms. The minimum absolute atomic E-state index is 0.0117. The quantitative estimate of drug-likeness (QED) is 0.875. The van der Waals surface area contributed by atoms with Crippen LogP contribution in [-0.2, 0) is 4.79 Å². The molecule has 0 aliphatic rings. The Labute approximate surface area is 103 Å². The summed E-state index contributed by atoms with van der Waals surface area (Å²) in [6.45, 7) is 1.85. The van der Waals surface area contributed by atoms with E-state index in [-0.39, 0.29) is 12.5 Å². The summed E-state index contributed by atoms with van der Waals surface area (Å²) in [7, 11) is 0. The average Bonchev–Trinajstić information content (AvgIpc) is 2.25. The molecule has 1 rings (SSSR count). The first-order valence-electron chi connectivity index (χ1n) is 5.13. The second-order valence-corrected chi connectivity index (χ2v) is 4.88. The molecule has 4 heteroatoms. The Morgan fingerprint density at radius 1 is 1.50 bits per heavy atom. The van der Waals surface area contributed by atoms with E-state index in [1.807, 2.05) is 25.1 Å². The zero-order chi connectivity index (χ0) is 12.1. The van der Waals surface area contributed by atoms with Crippen LogP contribution in [0.3, 0.4) is 0 Å². The number of carboxylic acid groups (broad SMARTS) is 1. The number of aliphatic hydroxyl groups excluding tert-OH is 1. The minimum atomic E-state index is -0.849. The van der Waals surface area contributed by atoms with Gasteiger partial charge in [-0.05, 0) is 30.0 Å². The molecule has 2 atom stereocenters. The highest BCUT2D eigenvalue weighted by Gasteiger charge is 2.22. The van der Waals surface area contributed by atoms with Crippen molar-refractivity contribution < 1.29 is 15.0 Å². The topological polar surface area (TPSA) is 57.5 Å². The number of aliphatic hydroxyl groups is 1. The lowest BCUT2D eigenvalue weighted by atomic mass is 9.90. The van der Waals surface area contributed by atoms with Gasteiger partial charge in [0.05, 0.1) is 5.92 Å². The molecule has 0 fully saturated rings. The molecule has 1 aromatic rings. The van der Waals surface area contributed by atoms with Gasteiger partial charge in [0.25, 0.3) is 0 Å². The lowest BCUT2D eigenvalue weighted by molar-refractivity contribution is -0.139. The number of rotatable bonds is 5. The standard InChI is InChI=1S/C12H15BrO3/c1-8(7-14)5-11(12(15)16)9-3-2-4-10(13)6-9/h2-4,6,8,11,14H,5,7H2,1H3,(H,15,16). The maximum atomic E-state index is 11.2. The molecule has 0 aliphatic heterocycles. The van der Waals surface area contributed by atoms with Crippen molar-refractivity contribution in [1.82, 2.24) is 0 Å². The van der Waals surface area contributed by atoms with Crippen molar-refractivity contribution in [3.63, 3.8) is 0 Å². The maximum absolute atomic E-state index is 11.2. The highest BCUT2D eigenvalue weighted by molar-refractivity contribution is 9.10. The van der Waals surface area contributed by atoms with Crippen LogP contribution >= 0.6 is 15.9 Å². The lowest BCUT2D eigenvalue weighted by Crippen LogP contribution is -2.16. The van der Waals surface area contributed by atoms with E-state index in [1.54, 1.807) is 6.07 Å². The molecule has 0 radical (unpaired) electrons. The van der Waals surface area contributed by atoms with E-state index in [9.17, 15) is 4.79 Å². The van der Waals surface area contributed by atoms with Crippen molar-refractivity contribution in [2.75, 3.05) is 6.61 Å². The first kappa shape index (κ1) is 13.2. The van der Waals surface area contributed by atoms with Gasteiger partial charge in [0.2, 0.25) is 0 Å². The Hall–Kier alpha value is -0.870. The minimum Gasteiger partial charge on any atom is -0.481 e. The number of halogens is 1. The normalized spacial score (nSPS) is 14.4. The summed E-state index contributed by atoms with van der Waals surface area (Å²) < 4.78 is 0.868. The molecule has 0 saturated heterocycles. The van der Waals surface area contributed by atoms with Crippen molar-refractivity contribution in [3.05, 3.63) is 34.3 Å². The summed E-state index contributed by atoms with van der Waals surface area (Å²) in [5.41, 5.74) is 0.766. The Kier molecular flexibility index (Phi) is 4.96. The number of benzene rings is 1. The summed E-state index contributed by atoms with van der Waals surface area (Å²) >= 11 is 3.32. The molecule has 2 unspecified atom stereocenters. The fourth-order valence-electron chi connectivity index (χ4n) is 1.58. The van der Waals surface area contributed by atoms with Crippen LogP contribution in [0, 0.1) is 5.92 Å². The molecular formula is C12H15BrO3. The van der Waals surface area contributed by atoms with Gasteiger partial charge in [0.1, 0.15) is 0 Å². The van der Waals surface area contributed by atoms with Crippen LogP contribution < -0.4 is 0 Å². The molecule has 1 aromatic carbocycles. The molecule has 0 saturated carbocycles. The summed E-state index contributed by atoms with van der Waals surface area (Å²) in [4.78, 5) is 11.2. The van der Waals surface area contributed by atoms with Crippen LogP contribution in [0.2, 0.25) is 0 Å². The average molecular weight is 287 g/mol. The monoisotopic (exact) mass is 286 g/mol. The van der Waals surface area contributed by atoms with Gasteiger partial charge in [0.15, 0.2) is 0 Å². The Bertz CT molecular complexity index is 365. The second-order valence-electron chi connectivity index (χ2n) is 3.97. The number of aliphatic carboxylic acids is 1. The van der Waals surface area contributed by atoms with Crippen molar-refractivity contribution in [2.24, 2.45) is 5.92 Å². The van der Waals surface area contributed by atoms with E-state index < -0.39 is 11.9 Å². The van der Waals surface area contributed by atoms with Crippen LogP contribution in [-0.4, -0.2) is 22.8 Å². The number of carbonyl (C=O) groups is 1. The molecule has 0 amide bonds. The van der Waals surface area contributed by atoms with Crippen molar-refractivity contribution in [3.8, 4) is 0 Å². The molecule has 0 aliphatic carbocycles. The van der Waals surface area contributed by atoms with Gasteiger partial charge in [-0.2, -0.15) is 0 Å². The smallest absolute Gasteiger partial charge is 0.310 e. The maximum Gasteiger partial charge on any atom is 0.310 e. The van der Waals surface area contributed by atoms with E-state index >= 15 is 0 Å². The molecule has 0 heterocycles. The summed E-state index contributed by atoms with van der Waals surface area (Å²) in [6, 6.07) is 7.29.